The fourth-order valence-corrected chi connectivity index (χ4v) is 1.65. The molecule has 0 radical (unpaired) electrons. The van der Waals surface area contributed by atoms with Crippen molar-refractivity contribution in [3.8, 4) is 11.8 Å². The molecule has 1 aromatic heterocycles. The van der Waals surface area contributed by atoms with E-state index in [9.17, 15) is 5.11 Å². The summed E-state index contributed by atoms with van der Waals surface area (Å²) in [5, 5.41) is 17.8. The van der Waals surface area contributed by atoms with Gasteiger partial charge in [-0.3, -0.25) is 0 Å². The summed E-state index contributed by atoms with van der Waals surface area (Å²) in [6.07, 6.45) is 0. The lowest BCUT2D eigenvalue weighted by Crippen LogP contribution is -1.72. The van der Waals surface area contributed by atoms with E-state index >= 15 is 0 Å². The van der Waals surface area contributed by atoms with E-state index < -0.39 is 0 Å². The maximum Gasteiger partial charge on any atom is 0.211 e. The van der Waals surface area contributed by atoms with Crippen LogP contribution < -0.4 is 0 Å². The first-order chi connectivity index (χ1) is 6.20. The lowest BCUT2D eigenvalue weighted by Gasteiger charge is -1.93. The lowest BCUT2D eigenvalue weighted by atomic mass is 10.3. The fraction of sp³-hybridized carbons (Fsp3) is 0. The third-order valence-electron chi connectivity index (χ3n) is 1.63. The minimum Gasteiger partial charge on any atom is -0.508 e. The van der Waals surface area contributed by atoms with Crippen molar-refractivity contribution in [2.45, 2.75) is 0 Å². The molecule has 0 aliphatic rings. The van der Waals surface area contributed by atoms with Crippen LogP contribution in [0.3, 0.4) is 0 Å². The number of benzene rings is 1. The zero-order valence-corrected chi connectivity index (χ0v) is 7.96. The van der Waals surface area contributed by atoms with E-state index in [1.54, 1.807) is 0 Å². The summed E-state index contributed by atoms with van der Waals surface area (Å²) in [5.41, 5.74) is 1.29. The first-order valence-corrected chi connectivity index (χ1v) is 4.28. The molecule has 13 heavy (non-hydrogen) atoms. The average molecular weight is 238 g/mol. The van der Waals surface area contributed by atoms with Crippen LogP contribution in [-0.4, -0.2) is 15.1 Å². The summed E-state index contributed by atoms with van der Waals surface area (Å²) >= 11 is 3.24. The average Bonchev–Trinajstić information content (AvgIpc) is 2.47. The first-order valence-electron chi connectivity index (χ1n) is 3.49. The van der Waals surface area contributed by atoms with Crippen LogP contribution in [0.4, 0.5) is 0 Å². The van der Waals surface area contributed by atoms with Gasteiger partial charge in [0.2, 0.25) is 5.82 Å². The molecule has 0 bridgehead atoms. The molecule has 0 spiro atoms. The molecular weight excluding hydrogens is 234 g/mol. The monoisotopic (exact) mass is 237 g/mol. The molecule has 0 aliphatic heterocycles. The first kappa shape index (κ1) is 8.08. The summed E-state index contributed by atoms with van der Waals surface area (Å²) in [6, 6.07) is 4.95. The van der Waals surface area contributed by atoms with Crippen molar-refractivity contribution in [3.63, 3.8) is 0 Å². The number of H-pyrrole nitrogens is 1. The number of hydrogen-bond acceptors (Lipinski definition) is 3. The molecule has 2 aromatic rings. The number of rotatable bonds is 0. The van der Waals surface area contributed by atoms with Crippen LogP contribution in [0.2, 0.25) is 0 Å². The maximum absolute atomic E-state index is 9.23. The molecule has 0 unspecified atom stereocenters. The van der Waals surface area contributed by atoms with Gasteiger partial charge in [0.05, 0.1) is 5.52 Å². The Morgan fingerprint density at radius 2 is 2.31 bits per heavy atom. The number of aromatic hydroxyl groups is 1. The third-order valence-corrected chi connectivity index (χ3v) is 2.24. The molecule has 1 heterocycles. The SMILES string of the molecule is N#Cc1nc2c(Br)cc(O)cc2[nH]1. The highest BCUT2D eigenvalue weighted by Gasteiger charge is 2.06. The highest BCUT2D eigenvalue weighted by atomic mass is 79.9. The smallest absolute Gasteiger partial charge is 0.211 e. The van der Waals surface area contributed by atoms with Crippen LogP contribution >= 0.6 is 15.9 Å². The molecule has 0 saturated carbocycles. The number of nitrogens with zero attached hydrogens (tertiary/aromatic N) is 2. The van der Waals surface area contributed by atoms with Crippen molar-refractivity contribution < 1.29 is 5.11 Å². The van der Waals surface area contributed by atoms with Gasteiger partial charge in [-0.25, -0.2) is 4.98 Å². The number of halogens is 1. The summed E-state index contributed by atoms with van der Waals surface area (Å²) in [6.45, 7) is 0. The molecule has 4 nitrogen and oxygen atoms in total. The van der Waals surface area contributed by atoms with Gasteiger partial charge in [-0.05, 0) is 22.0 Å². The molecule has 64 valence electrons. The van der Waals surface area contributed by atoms with Gasteiger partial charge >= 0.3 is 0 Å². The predicted molar refractivity (Wildman–Crippen MR) is 50.2 cm³/mol. The maximum atomic E-state index is 9.23. The number of imidazole rings is 1. The molecule has 0 aliphatic carbocycles. The molecule has 2 N–H and O–H groups in total. The van der Waals surface area contributed by atoms with E-state index in [0.717, 1.165) is 0 Å². The summed E-state index contributed by atoms with van der Waals surface area (Å²) in [4.78, 5) is 6.76. The Balaban J connectivity index is 2.84. The van der Waals surface area contributed by atoms with Gasteiger partial charge in [0, 0.05) is 10.5 Å². The summed E-state index contributed by atoms with van der Waals surface area (Å²) < 4.78 is 0.667. The minimum atomic E-state index is 0.132. The Hall–Kier alpha value is -1.54. The Bertz CT molecular complexity index is 512. The highest BCUT2D eigenvalue weighted by molar-refractivity contribution is 9.10. The van der Waals surface area contributed by atoms with E-state index in [2.05, 4.69) is 25.9 Å². The van der Waals surface area contributed by atoms with Gasteiger partial charge in [0.1, 0.15) is 17.3 Å². The van der Waals surface area contributed by atoms with Crippen molar-refractivity contribution in [1.82, 2.24) is 9.97 Å². The van der Waals surface area contributed by atoms with Gasteiger partial charge in [0.15, 0.2) is 0 Å². The van der Waals surface area contributed by atoms with Crippen LogP contribution in [0.15, 0.2) is 16.6 Å². The van der Waals surface area contributed by atoms with E-state index in [1.807, 2.05) is 6.07 Å². The van der Waals surface area contributed by atoms with Gasteiger partial charge in [0.25, 0.3) is 0 Å². The van der Waals surface area contributed by atoms with Gasteiger partial charge in [-0.15, -0.1) is 0 Å². The van der Waals surface area contributed by atoms with E-state index in [4.69, 9.17) is 5.26 Å². The third kappa shape index (κ3) is 1.25. The Labute approximate surface area is 82.0 Å². The molecule has 2 rings (SSSR count). The second-order valence-corrected chi connectivity index (χ2v) is 3.38. The van der Waals surface area contributed by atoms with Crippen LogP contribution in [0, 0.1) is 11.3 Å². The molecule has 5 heteroatoms. The molecule has 1 aromatic carbocycles. The Kier molecular flexibility index (Phi) is 1.71. The molecule has 0 saturated heterocycles. The number of phenols is 1. The number of aromatic nitrogens is 2. The number of hydrogen-bond donors (Lipinski definition) is 2. The van der Waals surface area contributed by atoms with Crippen LogP contribution in [0.1, 0.15) is 5.82 Å². The standard InChI is InChI=1S/C8H4BrN3O/c9-5-1-4(13)2-6-8(5)12-7(3-10)11-6/h1-2,13H,(H,11,12). The zero-order valence-electron chi connectivity index (χ0n) is 6.37. The fourth-order valence-electron chi connectivity index (χ4n) is 1.11. The van der Waals surface area contributed by atoms with E-state index in [-0.39, 0.29) is 11.6 Å². The lowest BCUT2D eigenvalue weighted by molar-refractivity contribution is 0.475. The van der Waals surface area contributed by atoms with Crippen LogP contribution in [0.5, 0.6) is 5.75 Å². The number of fused-ring (bicyclic) bond motifs is 1. The molecular formula is C8H4BrN3O. The van der Waals surface area contributed by atoms with Crippen LogP contribution in [-0.2, 0) is 0 Å². The van der Waals surface area contributed by atoms with Crippen molar-refractivity contribution in [3.05, 3.63) is 22.4 Å². The summed E-state index contributed by atoms with van der Waals surface area (Å²) in [7, 11) is 0. The molecule has 0 amide bonds. The Morgan fingerprint density at radius 3 is 3.00 bits per heavy atom. The Morgan fingerprint density at radius 1 is 1.54 bits per heavy atom. The van der Waals surface area contributed by atoms with Crippen molar-refractivity contribution in [2.75, 3.05) is 0 Å². The van der Waals surface area contributed by atoms with E-state index in [0.29, 0.717) is 15.5 Å². The number of nitriles is 1. The van der Waals surface area contributed by atoms with E-state index in [1.165, 1.54) is 12.1 Å². The normalized spacial score (nSPS) is 10.2. The zero-order chi connectivity index (χ0) is 9.42. The van der Waals surface area contributed by atoms with Gasteiger partial charge < -0.3 is 10.1 Å². The molecule has 0 fully saturated rings. The second-order valence-electron chi connectivity index (χ2n) is 2.52. The van der Waals surface area contributed by atoms with Crippen molar-refractivity contribution >= 4 is 27.0 Å². The number of nitrogens with one attached hydrogen (secondary N) is 1. The topological polar surface area (TPSA) is 72.7 Å². The summed E-state index contributed by atoms with van der Waals surface area (Å²) in [5.74, 6) is 0.369. The van der Waals surface area contributed by atoms with Gasteiger partial charge in [-0.1, -0.05) is 0 Å². The van der Waals surface area contributed by atoms with Crippen molar-refractivity contribution in [2.24, 2.45) is 0 Å². The number of aromatic amines is 1. The second kappa shape index (κ2) is 2.75. The van der Waals surface area contributed by atoms with Gasteiger partial charge in [-0.2, -0.15) is 5.26 Å². The largest absolute Gasteiger partial charge is 0.508 e. The quantitative estimate of drug-likeness (QED) is 0.736. The highest BCUT2D eigenvalue weighted by Crippen LogP contribution is 2.26. The minimum absolute atomic E-state index is 0.132. The predicted octanol–water partition coefficient (Wildman–Crippen LogP) is 1.90. The van der Waals surface area contributed by atoms with Crippen LogP contribution in [0.25, 0.3) is 11.0 Å². The van der Waals surface area contributed by atoms with Crippen molar-refractivity contribution in [1.29, 1.82) is 5.26 Å². The molecule has 0 atom stereocenters. The number of phenolic OH excluding ortho intramolecular Hbond substituents is 1.